The Labute approximate surface area is 147 Å². The molecular weight excluding hydrogens is 342 g/mol. The van der Waals surface area contributed by atoms with Crippen LogP contribution in [0.4, 0.5) is 0 Å². The molecule has 0 aromatic carbocycles. The SMILES string of the molecule is CNC(=O)c1sc2nccnc2c1C1CCN(Cc2cscn2)C1. The van der Waals surface area contributed by atoms with Crippen LogP contribution in [0.15, 0.2) is 23.3 Å². The lowest BCUT2D eigenvalue weighted by Gasteiger charge is -2.15. The fraction of sp³-hybridized carbons (Fsp3) is 0.375. The topological polar surface area (TPSA) is 71.0 Å². The number of fused-ring (bicyclic) bond motifs is 1. The van der Waals surface area contributed by atoms with Gasteiger partial charge in [0.1, 0.15) is 10.3 Å². The standard InChI is InChI=1S/C16H17N5OS2/c1-17-15(22)14-12(13-16(24-14)19-4-3-18-13)10-2-5-21(6-10)7-11-8-23-9-20-11/h3-4,8-10H,2,5-7H2,1H3,(H,17,22). The number of hydrogen-bond acceptors (Lipinski definition) is 7. The summed E-state index contributed by atoms with van der Waals surface area (Å²) < 4.78 is 0. The van der Waals surface area contributed by atoms with Crippen molar-refractivity contribution in [2.24, 2.45) is 0 Å². The number of thiophene rings is 1. The van der Waals surface area contributed by atoms with Crippen LogP contribution in [-0.4, -0.2) is 45.9 Å². The van der Waals surface area contributed by atoms with Gasteiger partial charge in [0.25, 0.3) is 5.91 Å². The number of aromatic nitrogens is 3. The molecule has 6 nitrogen and oxygen atoms in total. The van der Waals surface area contributed by atoms with Gasteiger partial charge in [-0.3, -0.25) is 14.7 Å². The third-order valence-corrected chi connectivity index (χ3v) is 6.08. The summed E-state index contributed by atoms with van der Waals surface area (Å²) in [4.78, 5) is 29.6. The molecule has 1 unspecified atom stereocenters. The Kier molecular flexibility index (Phi) is 4.26. The van der Waals surface area contributed by atoms with Crippen LogP contribution in [0.2, 0.25) is 0 Å². The predicted octanol–water partition coefficient (Wildman–Crippen LogP) is 2.50. The van der Waals surface area contributed by atoms with Crippen molar-refractivity contribution < 1.29 is 4.79 Å². The molecule has 3 aromatic heterocycles. The van der Waals surface area contributed by atoms with Crippen LogP contribution in [0.1, 0.15) is 33.3 Å². The quantitative estimate of drug-likeness (QED) is 0.775. The van der Waals surface area contributed by atoms with Crippen molar-refractivity contribution in [2.75, 3.05) is 20.1 Å². The maximum Gasteiger partial charge on any atom is 0.261 e. The van der Waals surface area contributed by atoms with E-state index in [-0.39, 0.29) is 5.91 Å². The van der Waals surface area contributed by atoms with Crippen LogP contribution >= 0.6 is 22.7 Å². The Morgan fingerprint density at radius 1 is 1.38 bits per heavy atom. The molecule has 1 N–H and O–H groups in total. The molecule has 24 heavy (non-hydrogen) atoms. The third kappa shape index (κ3) is 2.81. The van der Waals surface area contributed by atoms with Gasteiger partial charge >= 0.3 is 0 Å². The van der Waals surface area contributed by atoms with Crippen LogP contribution in [0.5, 0.6) is 0 Å². The Morgan fingerprint density at radius 3 is 3.04 bits per heavy atom. The van der Waals surface area contributed by atoms with E-state index in [1.165, 1.54) is 11.3 Å². The van der Waals surface area contributed by atoms with Gasteiger partial charge in [-0.1, -0.05) is 0 Å². The monoisotopic (exact) mass is 359 g/mol. The number of hydrogen-bond donors (Lipinski definition) is 1. The molecule has 0 spiro atoms. The number of rotatable bonds is 4. The summed E-state index contributed by atoms with van der Waals surface area (Å²) in [5, 5.41) is 4.84. The minimum Gasteiger partial charge on any atom is -0.354 e. The highest BCUT2D eigenvalue weighted by Gasteiger charge is 2.31. The minimum absolute atomic E-state index is 0.0484. The highest BCUT2D eigenvalue weighted by atomic mass is 32.1. The Bertz CT molecular complexity index is 861. The van der Waals surface area contributed by atoms with Gasteiger partial charge in [0, 0.05) is 49.4 Å². The smallest absolute Gasteiger partial charge is 0.261 e. The first-order valence-electron chi connectivity index (χ1n) is 7.81. The fourth-order valence-corrected chi connectivity index (χ4v) is 4.95. The summed E-state index contributed by atoms with van der Waals surface area (Å²) in [6.07, 6.45) is 4.41. The van der Waals surface area contributed by atoms with Crippen molar-refractivity contribution in [3.8, 4) is 0 Å². The molecule has 1 saturated heterocycles. The summed E-state index contributed by atoms with van der Waals surface area (Å²) in [6.45, 7) is 2.79. The van der Waals surface area contributed by atoms with E-state index < -0.39 is 0 Å². The molecule has 3 aromatic rings. The van der Waals surface area contributed by atoms with Crippen molar-refractivity contribution in [3.63, 3.8) is 0 Å². The number of carbonyl (C=O) groups excluding carboxylic acids is 1. The van der Waals surface area contributed by atoms with Crippen molar-refractivity contribution in [1.82, 2.24) is 25.2 Å². The maximum atomic E-state index is 12.3. The zero-order valence-corrected chi connectivity index (χ0v) is 14.9. The van der Waals surface area contributed by atoms with Crippen molar-refractivity contribution >= 4 is 38.9 Å². The lowest BCUT2D eigenvalue weighted by molar-refractivity contribution is 0.0966. The van der Waals surface area contributed by atoms with Crippen LogP contribution in [0.3, 0.4) is 0 Å². The molecule has 1 aliphatic heterocycles. The van der Waals surface area contributed by atoms with Crippen LogP contribution in [-0.2, 0) is 6.54 Å². The Morgan fingerprint density at radius 2 is 2.25 bits per heavy atom. The van der Waals surface area contributed by atoms with Gasteiger partial charge < -0.3 is 5.32 Å². The van der Waals surface area contributed by atoms with E-state index in [1.54, 1.807) is 30.8 Å². The molecule has 0 radical (unpaired) electrons. The average molecular weight is 359 g/mol. The average Bonchev–Trinajstić information content (AvgIpc) is 3.33. The summed E-state index contributed by atoms with van der Waals surface area (Å²) in [5.41, 5.74) is 4.92. The molecule has 0 aliphatic carbocycles. The third-order valence-electron chi connectivity index (χ3n) is 4.35. The van der Waals surface area contributed by atoms with E-state index in [9.17, 15) is 4.79 Å². The molecule has 1 aliphatic rings. The van der Waals surface area contributed by atoms with E-state index >= 15 is 0 Å². The molecule has 124 valence electrons. The van der Waals surface area contributed by atoms with Gasteiger partial charge in [0.05, 0.1) is 16.1 Å². The molecule has 8 heteroatoms. The summed E-state index contributed by atoms with van der Waals surface area (Å²) in [5.74, 6) is 0.258. The number of carbonyl (C=O) groups is 1. The van der Waals surface area contributed by atoms with E-state index in [2.05, 4.69) is 30.5 Å². The molecule has 0 saturated carbocycles. The van der Waals surface area contributed by atoms with Gasteiger partial charge in [-0.2, -0.15) is 0 Å². The zero-order valence-electron chi connectivity index (χ0n) is 13.2. The molecule has 0 bridgehead atoms. The van der Waals surface area contributed by atoms with Gasteiger partial charge in [0.15, 0.2) is 0 Å². The maximum absolute atomic E-state index is 12.3. The molecule has 4 rings (SSSR count). The Hall–Kier alpha value is -1.90. The van der Waals surface area contributed by atoms with Crippen molar-refractivity contribution in [1.29, 1.82) is 0 Å². The summed E-state index contributed by atoms with van der Waals surface area (Å²) in [6, 6.07) is 0. The molecule has 1 atom stereocenters. The number of thiazole rings is 1. The van der Waals surface area contributed by atoms with Crippen LogP contribution in [0.25, 0.3) is 10.3 Å². The first kappa shape index (κ1) is 15.6. The van der Waals surface area contributed by atoms with E-state index in [1.807, 2.05) is 5.51 Å². The summed E-state index contributed by atoms with van der Waals surface area (Å²) >= 11 is 3.06. The minimum atomic E-state index is -0.0484. The van der Waals surface area contributed by atoms with Crippen molar-refractivity contribution in [3.05, 3.63) is 39.4 Å². The number of nitrogens with zero attached hydrogens (tertiary/aromatic N) is 4. The number of amides is 1. The largest absolute Gasteiger partial charge is 0.354 e. The fourth-order valence-electron chi connectivity index (χ4n) is 3.26. The van der Waals surface area contributed by atoms with E-state index in [4.69, 9.17) is 0 Å². The molecule has 1 fully saturated rings. The van der Waals surface area contributed by atoms with Crippen LogP contribution < -0.4 is 5.32 Å². The second-order valence-corrected chi connectivity index (χ2v) is 7.55. The van der Waals surface area contributed by atoms with Crippen molar-refractivity contribution in [2.45, 2.75) is 18.9 Å². The van der Waals surface area contributed by atoms with Crippen LogP contribution in [0, 0.1) is 0 Å². The van der Waals surface area contributed by atoms with Gasteiger partial charge in [0.2, 0.25) is 0 Å². The Balaban J connectivity index is 1.65. The second kappa shape index (κ2) is 6.54. The van der Waals surface area contributed by atoms with E-state index in [0.29, 0.717) is 5.92 Å². The lowest BCUT2D eigenvalue weighted by atomic mass is 9.97. The molecule has 1 amide bonds. The first-order chi connectivity index (χ1) is 11.8. The van der Waals surface area contributed by atoms with Gasteiger partial charge in [-0.05, 0) is 13.0 Å². The normalized spacial score (nSPS) is 18.3. The van der Waals surface area contributed by atoms with Gasteiger partial charge in [-0.15, -0.1) is 22.7 Å². The van der Waals surface area contributed by atoms with Gasteiger partial charge in [-0.25, -0.2) is 9.97 Å². The first-order valence-corrected chi connectivity index (χ1v) is 9.57. The van der Waals surface area contributed by atoms with E-state index in [0.717, 1.165) is 52.5 Å². The summed E-state index contributed by atoms with van der Waals surface area (Å²) in [7, 11) is 1.67. The number of likely N-dealkylation sites (tertiary alicyclic amines) is 1. The second-order valence-electron chi connectivity index (χ2n) is 5.83. The highest BCUT2D eigenvalue weighted by Crippen LogP contribution is 2.38. The molecular formula is C16H17N5OS2. The highest BCUT2D eigenvalue weighted by molar-refractivity contribution is 7.20. The number of nitrogens with one attached hydrogen (secondary N) is 1. The zero-order chi connectivity index (χ0) is 16.5. The molecule has 4 heterocycles. The predicted molar refractivity (Wildman–Crippen MR) is 95.6 cm³/mol. The lowest BCUT2D eigenvalue weighted by Crippen LogP contribution is -2.21.